The monoisotopic (exact) mass is 376 g/mol. The lowest BCUT2D eigenvalue weighted by Gasteiger charge is -2.10. The summed E-state index contributed by atoms with van der Waals surface area (Å²) in [6, 6.07) is 15.7. The molecule has 0 radical (unpaired) electrons. The first kappa shape index (κ1) is 13.2. The molecule has 0 unspecified atom stereocenters. The van der Waals surface area contributed by atoms with Gasteiger partial charge in [-0.25, -0.2) is 0 Å². The topological polar surface area (TPSA) is 48.1 Å². The van der Waals surface area contributed by atoms with E-state index in [2.05, 4.69) is 27.6 Å². The highest BCUT2D eigenvalue weighted by Crippen LogP contribution is 2.24. The molecule has 0 fully saturated rings. The van der Waals surface area contributed by atoms with E-state index in [1.807, 2.05) is 48.5 Å². The fourth-order valence-corrected chi connectivity index (χ4v) is 2.42. The van der Waals surface area contributed by atoms with Crippen molar-refractivity contribution < 1.29 is 4.74 Å². The van der Waals surface area contributed by atoms with Gasteiger partial charge < -0.3 is 10.5 Å². The summed E-state index contributed by atoms with van der Waals surface area (Å²) >= 11 is 2.27. The Balaban J connectivity index is 1.88. The van der Waals surface area contributed by atoms with Crippen molar-refractivity contribution in [3.8, 4) is 5.75 Å². The molecule has 3 nitrogen and oxygen atoms in total. The molecule has 0 saturated heterocycles. The number of ether oxygens (including phenoxy) is 1. The van der Waals surface area contributed by atoms with Crippen molar-refractivity contribution in [2.45, 2.75) is 6.61 Å². The van der Waals surface area contributed by atoms with E-state index in [1.165, 1.54) is 3.57 Å². The molecule has 0 aliphatic carbocycles. The van der Waals surface area contributed by atoms with Crippen LogP contribution in [-0.4, -0.2) is 4.98 Å². The van der Waals surface area contributed by atoms with Crippen LogP contribution >= 0.6 is 22.6 Å². The van der Waals surface area contributed by atoms with Gasteiger partial charge >= 0.3 is 0 Å². The van der Waals surface area contributed by atoms with Gasteiger partial charge in [-0.3, -0.25) is 4.98 Å². The van der Waals surface area contributed by atoms with Crippen LogP contribution in [0, 0.1) is 3.57 Å². The molecule has 0 amide bonds. The van der Waals surface area contributed by atoms with Crippen molar-refractivity contribution >= 4 is 39.2 Å². The van der Waals surface area contributed by atoms with E-state index < -0.39 is 0 Å². The minimum absolute atomic E-state index is 0.481. The zero-order valence-corrected chi connectivity index (χ0v) is 12.9. The first-order valence-corrected chi connectivity index (χ1v) is 7.32. The summed E-state index contributed by atoms with van der Waals surface area (Å²) in [5, 5.41) is 0.969. The quantitative estimate of drug-likeness (QED) is 0.555. The molecule has 0 spiro atoms. The van der Waals surface area contributed by atoms with E-state index in [0.29, 0.717) is 6.61 Å². The first-order chi connectivity index (χ1) is 9.74. The molecule has 0 aliphatic rings. The summed E-state index contributed by atoms with van der Waals surface area (Å²) < 4.78 is 7.00. The van der Waals surface area contributed by atoms with Crippen molar-refractivity contribution in [2.24, 2.45) is 0 Å². The van der Waals surface area contributed by atoms with Gasteiger partial charge in [0.2, 0.25) is 0 Å². The Morgan fingerprint density at radius 1 is 1.05 bits per heavy atom. The van der Waals surface area contributed by atoms with Crippen molar-refractivity contribution in [2.75, 3.05) is 5.73 Å². The molecular weight excluding hydrogens is 363 g/mol. The highest BCUT2D eigenvalue weighted by atomic mass is 127. The molecule has 3 rings (SSSR count). The normalized spacial score (nSPS) is 10.7. The third-order valence-corrected chi connectivity index (χ3v) is 3.81. The molecule has 0 atom stereocenters. The Morgan fingerprint density at radius 3 is 2.65 bits per heavy atom. The highest BCUT2D eigenvalue weighted by Gasteiger charge is 2.05. The van der Waals surface area contributed by atoms with Crippen LogP contribution < -0.4 is 10.5 Å². The number of hydrogen-bond donors (Lipinski definition) is 1. The molecule has 0 aliphatic heterocycles. The SMILES string of the molecule is Nc1ccc(COc2ccc(I)cc2)c2ncccc12. The Bertz CT molecular complexity index is 741. The summed E-state index contributed by atoms with van der Waals surface area (Å²) in [4.78, 5) is 4.41. The Kier molecular flexibility index (Phi) is 3.73. The second-order valence-electron chi connectivity index (χ2n) is 4.46. The van der Waals surface area contributed by atoms with E-state index in [9.17, 15) is 0 Å². The Hall–Kier alpha value is -1.82. The average molecular weight is 376 g/mol. The fraction of sp³-hybridized carbons (Fsp3) is 0.0625. The van der Waals surface area contributed by atoms with Crippen LogP contribution in [0.2, 0.25) is 0 Å². The van der Waals surface area contributed by atoms with Gasteiger partial charge in [0.25, 0.3) is 0 Å². The molecule has 0 bridgehead atoms. The van der Waals surface area contributed by atoms with E-state index in [0.717, 1.165) is 27.9 Å². The number of fused-ring (bicyclic) bond motifs is 1. The van der Waals surface area contributed by atoms with Crippen LogP contribution in [0.4, 0.5) is 5.69 Å². The summed E-state index contributed by atoms with van der Waals surface area (Å²) in [5.41, 5.74) is 8.65. The second-order valence-corrected chi connectivity index (χ2v) is 5.70. The Morgan fingerprint density at radius 2 is 1.85 bits per heavy atom. The zero-order chi connectivity index (χ0) is 13.9. The van der Waals surface area contributed by atoms with E-state index in [-0.39, 0.29) is 0 Å². The van der Waals surface area contributed by atoms with Crippen LogP contribution in [0.5, 0.6) is 5.75 Å². The summed E-state index contributed by atoms with van der Waals surface area (Å²) in [6.07, 6.45) is 1.77. The highest BCUT2D eigenvalue weighted by molar-refractivity contribution is 14.1. The van der Waals surface area contributed by atoms with Gasteiger partial charge in [0.15, 0.2) is 0 Å². The molecule has 100 valence electrons. The molecule has 20 heavy (non-hydrogen) atoms. The van der Waals surface area contributed by atoms with Crippen LogP contribution in [0.15, 0.2) is 54.7 Å². The number of benzene rings is 2. The van der Waals surface area contributed by atoms with Crippen molar-refractivity contribution in [3.63, 3.8) is 0 Å². The van der Waals surface area contributed by atoms with Crippen molar-refractivity contribution in [1.29, 1.82) is 0 Å². The maximum absolute atomic E-state index is 5.97. The number of halogens is 1. The van der Waals surface area contributed by atoms with Crippen LogP contribution in [0.1, 0.15) is 5.56 Å². The molecule has 1 heterocycles. The lowest BCUT2D eigenvalue weighted by atomic mass is 10.1. The standard InChI is InChI=1S/C16H13IN2O/c17-12-4-6-13(7-5-12)20-10-11-3-8-15(18)14-2-1-9-19-16(11)14/h1-9H,10,18H2. The lowest BCUT2D eigenvalue weighted by molar-refractivity contribution is 0.307. The molecule has 0 saturated carbocycles. The van der Waals surface area contributed by atoms with Gasteiger partial charge in [-0.05, 0) is 65.1 Å². The second kappa shape index (κ2) is 5.66. The van der Waals surface area contributed by atoms with Crippen LogP contribution in [0.3, 0.4) is 0 Å². The number of hydrogen-bond acceptors (Lipinski definition) is 3. The number of nitrogen functional groups attached to an aromatic ring is 1. The summed E-state index contributed by atoms with van der Waals surface area (Å²) in [7, 11) is 0. The van der Waals surface area contributed by atoms with Gasteiger partial charge in [-0.2, -0.15) is 0 Å². The summed E-state index contributed by atoms with van der Waals surface area (Å²) in [6.45, 7) is 0.481. The third-order valence-electron chi connectivity index (χ3n) is 3.09. The lowest BCUT2D eigenvalue weighted by Crippen LogP contribution is -1.99. The first-order valence-electron chi connectivity index (χ1n) is 6.24. The van der Waals surface area contributed by atoms with Gasteiger partial charge in [0, 0.05) is 26.4 Å². The fourth-order valence-electron chi connectivity index (χ4n) is 2.06. The minimum Gasteiger partial charge on any atom is -0.489 e. The molecule has 2 aromatic carbocycles. The van der Waals surface area contributed by atoms with Gasteiger partial charge in [0.05, 0.1) is 5.52 Å². The molecule has 1 aromatic heterocycles. The largest absolute Gasteiger partial charge is 0.489 e. The maximum Gasteiger partial charge on any atom is 0.119 e. The van der Waals surface area contributed by atoms with Crippen LogP contribution in [0.25, 0.3) is 10.9 Å². The van der Waals surface area contributed by atoms with E-state index >= 15 is 0 Å². The number of pyridine rings is 1. The summed E-state index contributed by atoms with van der Waals surface area (Å²) in [5.74, 6) is 0.853. The molecule has 3 aromatic rings. The number of rotatable bonds is 3. The number of anilines is 1. The van der Waals surface area contributed by atoms with Gasteiger partial charge in [-0.15, -0.1) is 0 Å². The number of nitrogens with two attached hydrogens (primary N) is 1. The van der Waals surface area contributed by atoms with E-state index in [1.54, 1.807) is 6.20 Å². The molecule has 2 N–H and O–H groups in total. The maximum atomic E-state index is 5.97. The van der Waals surface area contributed by atoms with Gasteiger partial charge in [0.1, 0.15) is 12.4 Å². The average Bonchev–Trinajstić information content (AvgIpc) is 2.49. The predicted molar refractivity (Wildman–Crippen MR) is 89.6 cm³/mol. The molecule has 4 heteroatoms. The van der Waals surface area contributed by atoms with Crippen molar-refractivity contribution in [1.82, 2.24) is 4.98 Å². The van der Waals surface area contributed by atoms with E-state index in [4.69, 9.17) is 10.5 Å². The Labute approximate surface area is 130 Å². The molecular formula is C16H13IN2O. The minimum atomic E-state index is 0.481. The smallest absolute Gasteiger partial charge is 0.119 e. The van der Waals surface area contributed by atoms with Gasteiger partial charge in [-0.1, -0.05) is 6.07 Å². The zero-order valence-electron chi connectivity index (χ0n) is 10.7. The third kappa shape index (κ3) is 2.70. The van der Waals surface area contributed by atoms with Crippen molar-refractivity contribution in [3.05, 3.63) is 63.9 Å². The van der Waals surface area contributed by atoms with Crippen LogP contribution in [-0.2, 0) is 6.61 Å². The number of nitrogens with zero attached hydrogens (tertiary/aromatic N) is 1. The number of aromatic nitrogens is 1. The predicted octanol–water partition coefficient (Wildman–Crippen LogP) is 4.00.